The first-order valence-electron chi connectivity index (χ1n) is 10.3. The number of pyridine rings is 1. The molecule has 9 nitrogen and oxygen atoms in total. The van der Waals surface area contributed by atoms with Gasteiger partial charge in [-0.3, -0.25) is 4.79 Å². The maximum atomic E-state index is 12.9. The number of nitrogens with one attached hydrogen (secondary N) is 1. The SMILES string of the molecule is CC(C)n1ncc2c(C(=O)OCC(=O)NC3CCS(=O)(=O)C3)cc(-c3ccccc3)nc21. The summed E-state index contributed by atoms with van der Waals surface area (Å²) in [7, 11) is -3.11. The van der Waals surface area contributed by atoms with Gasteiger partial charge in [0.2, 0.25) is 0 Å². The van der Waals surface area contributed by atoms with Crippen LogP contribution in [0, 0.1) is 0 Å². The molecule has 10 heteroatoms. The van der Waals surface area contributed by atoms with Crippen LogP contribution in [-0.2, 0) is 19.4 Å². The Morgan fingerprint density at radius 2 is 2.00 bits per heavy atom. The van der Waals surface area contributed by atoms with Gasteiger partial charge in [-0.15, -0.1) is 0 Å². The number of aromatic nitrogens is 3. The summed E-state index contributed by atoms with van der Waals surface area (Å²) in [6.45, 7) is 3.43. The summed E-state index contributed by atoms with van der Waals surface area (Å²) in [6.07, 6.45) is 1.93. The van der Waals surface area contributed by atoms with Crippen LogP contribution in [0.4, 0.5) is 0 Å². The Labute approximate surface area is 185 Å². The number of nitrogens with zero attached hydrogens (tertiary/aromatic N) is 3. The fourth-order valence-electron chi connectivity index (χ4n) is 3.71. The fraction of sp³-hybridized carbons (Fsp3) is 0.364. The molecule has 4 rings (SSSR count). The van der Waals surface area contributed by atoms with Crippen molar-refractivity contribution in [3.63, 3.8) is 0 Å². The van der Waals surface area contributed by atoms with Crippen molar-refractivity contribution < 1.29 is 22.7 Å². The number of hydrogen-bond donors (Lipinski definition) is 1. The van der Waals surface area contributed by atoms with E-state index in [1.54, 1.807) is 16.9 Å². The lowest BCUT2D eigenvalue weighted by Gasteiger charge is -2.12. The van der Waals surface area contributed by atoms with E-state index in [1.807, 2.05) is 44.2 Å². The lowest BCUT2D eigenvalue weighted by atomic mass is 10.1. The van der Waals surface area contributed by atoms with Gasteiger partial charge < -0.3 is 10.1 Å². The molecule has 3 aromatic rings. The Bertz CT molecular complexity index is 1270. The van der Waals surface area contributed by atoms with Crippen LogP contribution in [0.25, 0.3) is 22.3 Å². The molecular weight excluding hydrogens is 432 g/mol. The molecule has 1 aliphatic rings. The van der Waals surface area contributed by atoms with Gasteiger partial charge in [0.15, 0.2) is 22.1 Å². The molecule has 1 aliphatic heterocycles. The molecule has 32 heavy (non-hydrogen) atoms. The van der Waals surface area contributed by atoms with Crippen LogP contribution in [-0.4, -0.2) is 59.2 Å². The monoisotopic (exact) mass is 456 g/mol. The first-order chi connectivity index (χ1) is 15.2. The lowest BCUT2D eigenvalue weighted by Crippen LogP contribution is -2.38. The molecule has 1 unspecified atom stereocenters. The summed E-state index contributed by atoms with van der Waals surface area (Å²) in [5.41, 5.74) is 2.24. The van der Waals surface area contributed by atoms with Gasteiger partial charge in [0.05, 0.1) is 34.3 Å². The third-order valence-corrected chi connectivity index (χ3v) is 7.05. The van der Waals surface area contributed by atoms with Crippen molar-refractivity contribution in [3.8, 4) is 11.3 Å². The molecule has 3 heterocycles. The van der Waals surface area contributed by atoms with Gasteiger partial charge >= 0.3 is 5.97 Å². The minimum absolute atomic E-state index is 0.0309. The van der Waals surface area contributed by atoms with Crippen LogP contribution in [0.15, 0.2) is 42.6 Å². The molecule has 0 spiro atoms. The van der Waals surface area contributed by atoms with E-state index in [0.717, 1.165) is 5.56 Å². The van der Waals surface area contributed by atoms with Crippen molar-refractivity contribution in [2.75, 3.05) is 18.1 Å². The van der Waals surface area contributed by atoms with Gasteiger partial charge in [-0.25, -0.2) is 22.9 Å². The van der Waals surface area contributed by atoms with Crippen LogP contribution in [0.2, 0.25) is 0 Å². The van der Waals surface area contributed by atoms with Gasteiger partial charge in [-0.05, 0) is 26.3 Å². The molecule has 2 aromatic heterocycles. The minimum atomic E-state index is -3.11. The zero-order valence-corrected chi connectivity index (χ0v) is 18.6. The molecule has 0 radical (unpaired) electrons. The third-order valence-electron chi connectivity index (χ3n) is 5.28. The summed E-state index contributed by atoms with van der Waals surface area (Å²) in [5.74, 6) is -1.25. The largest absolute Gasteiger partial charge is 0.452 e. The van der Waals surface area contributed by atoms with Crippen molar-refractivity contribution in [2.24, 2.45) is 0 Å². The number of rotatable bonds is 6. The smallest absolute Gasteiger partial charge is 0.339 e. The molecule has 1 N–H and O–H groups in total. The van der Waals surface area contributed by atoms with Gasteiger partial charge in [-0.1, -0.05) is 30.3 Å². The van der Waals surface area contributed by atoms with E-state index in [0.29, 0.717) is 23.1 Å². The number of hydrogen-bond acceptors (Lipinski definition) is 7. The van der Waals surface area contributed by atoms with E-state index in [4.69, 9.17) is 9.72 Å². The number of ether oxygens (including phenoxy) is 1. The van der Waals surface area contributed by atoms with E-state index < -0.39 is 34.4 Å². The highest BCUT2D eigenvalue weighted by molar-refractivity contribution is 7.91. The van der Waals surface area contributed by atoms with Crippen LogP contribution >= 0.6 is 0 Å². The molecule has 1 saturated heterocycles. The van der Waals surface area contributed by atoms with Gasteiger partial charge in [-0.2, -0.15) is 5.10 Å². The number of sulfone groups is 1. The van der Waals surface area contributed by atoms with E-state index in [2.05, 4.69) is 10.4 Å². The summed E-state index contributed by atoms with van der Waals surface area (Å²) in [6, 6.07) is 10.7. The average Bonchev–Trinajstić information content (AvgIpc) is 3.34. The van der Waals surface area contributed by atoms with Crippen LogP contribution in [0.5, 0.6) is 0 Å². The molecule has 0 aliphatic carbocycles. The van der Waals surface area contributed by atoms with Crippen molar-refractivity contribution in [3.05, 3.63) is 48.2 Å². The molecule has 1 atom stereocenters. The first kappa shape index (κ1) is 21.9. The van der Waals surface area contributed by atoms with Crippen LogP contribution < -0.4 is 5.32 Å². The lowest BCUT2D eigenvalue weighted by molar-refractivity contribution is -0.124. The highest BCUT2D eigenvalue weighted by Crippen LogP contribution is 2.26. The second-order valence-corrected chi connectivity index (χ2v) is 10.3. The number of fused-ring (bicyclic) bond motifs is 1. The van der Waals surface area contributed by atoms with Crippen molar-refractivity contribution >= 4 is 32.7 Å². The normalized spacial score (nSPS) is 17.5. The highest BCUT2D eigenvalue weighted by atomic mass is 32.2. The quantitative estimate of drug-likeness (QED) is 0.564. The second-order valence-electron chi connectivity index (χ2n) is 8.08. The van der Waals surface area contributed by atoms with E-state index in [-0.39, 0.29) is 23.1 Å². The van der Waals surface area contributed by atoms with Crippen molar-refractivity contribution in [1.82, 2.24) is 20.1 Å². The molecular formula is C22H24N4O5S. The van der Waals surface area contributed by atoms with Crippen molar-refractivity contribution in [1.29, 1.82) is 0 Å². The molecule has 1 fully saturated rings. The molecule has 1 aromatic carbocycles. The minimum Gasteiger partial charge on any atom is -0.452 e. The number of carbonyl (C=O) groups is 2. The van der Waals surface area contributed by atoms with E-state index in [9.17, 15) is 18.0 Å². The Kier molecular flexibility index (Phi) is 5.96. The molecule has 0 saturated carbocycles. The van der Waals surface area contributed by atoms with E-state index >= 15 is 0 Å². The maximum absolute atomic E-state index is 12.9. The van der Waals surface area contributed by atoms with Gasteiger partial charge in [0.25, 0.3) is 5.91 Å². The zero-order valence-electron chi connectivity index (χ0n) is 17.8. The fourth-order valence-corrected chi connectivity index (χ4v) is 5.38. The van der Waals surface area contributed by atoms with Crippen molar-refractivity contribution in [2.45, 2.75) is 32.4 Å². The molecule has 0 bridgehead atoms. The predicted octanol–water partition coefficient (Wildman–Crippen LogP) is 2.14. The topological polar surface area (TPSA) is 120 Å². The number of carbonyl (C=O) groups excluding carboxylic acids is 2. The Balaban J connectivity index is 1.57. The summed E-state index contributed by atoms with van der Waals surface area (Å²) in [4.78, 5) is 29.8. The third kappa shape index (κ3) is 4.64. The number of esters is 1. The molecule has 1 amide bonds. The molecule has 168 valence electrons. The van der Waals surface area contributed by atoms with Crippen LogP contribution in [0.3, 0.4) is 0 Å². The van der Waals surface area contributed by atoms with Crippen LogP contribution in [0.1, 0.15) is 36.7 Å². The summed E-state index contributed by atoms with van der Waals surface area (Å²) >= 11 is 0. The average molecular weight is 457 g/mol. The Morgan fingerprint density at radius 1 is 1.25 bits per heavy atom. The maximum Gasteiger partial charge on any atom is 0.339 e. The standard InChI is InChI=1S/C22H24N4O5S/c1-14(2)26-21-18(11-23-26)17(10-19(25-21)15-6-4-3-5-7-15)22(28)31-12-20(27)24-16-8-9-32(29,30)13-16/h3-7,10-11,14,16H,8-9,12-13H2,1-2H3,(H,24,27). The second kappa shape index (κ2) is 8.70. The van der Waals surface area contributed by atoms with E-state index in [1.165, 1.54) is 0 Å². The number of amides is 1. The summed E-state index contributed by atoms with van der Waals surface area (Å²) < 4.78 is 30.1. The van der Waals surface area contributed by atoms with Gasteiger partial charge in [0, 0.05) is 17.6 Å². The predicted molar refractivity (Wildman–Crippen MR) is 119 cm³/mol. The Hall–Kier alpha value is -3.27. The summed E-state index contributed by atoms with van der Waals surface area (Å²) in [5, 5.41) is 7.50. The highest BCUT2D eigenvalue weighted by Gasteiger charge is 2.29. The first-order valence-corrected chi connectivity index (χ1v) is 12.2. The Morgan fingerprint density at radius 3 is 2.66 bits per heavy atom. The van der Waals surface area contributed by atoms with Gasteiger partial charge in [0.1, 0.15) is 0 Å². The number of benzene rings is 1. The zero-order chi connectivity index (χ0) is 22.9.